The smallest absolute Gasteiger partial charge is 0.244 e. The van der Waals surface area contributed by atoms with Crippen LogP contribution in [0, 0.1) is 0 Å². The van der Waals surface area contributed by atoms with Crippen molar-refractivity contribution in [1.82, 2.24) is 8.87 Å². The third kappa shape index (κ3) is 2.82. The van der Waals surface area contributed by atoms with Gasteiger partial charge in [-0.3, -0.25) is 0 Å². The Bertz CT molecular complexity index is 614. The number of hydrogen-bond acceptors (Lipinski definition) is 3. The van der Waals surface area contributed by atoms with Gasteiger partial charge in [-0.05, 0) is 33.3 Å². The van der Waals surface area contributed by atoms with E-state index in [0.717, 1.165) is 17.7 Å². The van der Waals surface area contributed by atoms with E-state index in [4.69, 9.17) is 5.73 Å². The van der Waals surface area contributed by atoms with Gasteiger partial charge in [0.25, 0.3) is 0 Å². The van der Waals surface area contributed by atoms with Crippen molar-refractivity contribution in [1.29, 1.82) is 0 Å². The third-order valence-corrected chi connectivity index (χ3v) is 5.42. The number of hydrogen-bond donors (Lipinski definition) is 1. The van der Waals surface area contributed by atoms with E-state index in [1.54, 1.807) is 16.6 Å². The number of aromatic nitrogens is 1. The molecule has 2 heterocycles. The molecule has 0 bridgehead atoms. The summed E-state index contributed by atoms with van der Waals surface area (Å²) in [6.07, 6.45) is 4.58. The summed E-state index contributed by atoms with van der Waals surface area (Å²) in [6, 6.07) is 1.89. The van der Waals surface area contributed by atoms with Crippen LogP contribution in [0.15, 0.2) is 28.8 Å². The molecule has 0 amide bonds. The molecule has 20 heavy (non-hydrogen) atoms. The van der Waals surface area contributed by atoms with Crippen LogP contribution in [0.5, 0.6) is 0 Å². The van der Waals surface area contributed by atoms with Crippen LogP contribution >= 0.6 is 0 Å². The molecule has 0 atom stereocenters. The van der Waals surface area contributed by atoms with Gasteiger partial charge in [0.1, 0.15) is 4.90 Å². The Labute approximate surface area is 121 Å². The fraction of sp³-hybridized carbons (Fsp3) is 0.571. The highest BCUT2D eigenvalue weighted by Gasteiger charge is 2.27. The lowest BCUT2D eigenvalue weighted by Crippen LogP contribution is -2.35. The molecule has 1 aliphatic rings. The number of rotatable bonds is 4. The monoisotopic (exact) mass is 297 g/mol. The Morgan fingerprint density at radius 3 is 2.60 bits per heavy atom. The van der Waals surface area contributed by atoms with Gasteiger partial charge in [0.05, 0.1) is 0 Å². The van der Waals surface area contributed by atoms with Crippen molar-refractivity contribution in [3.63, 3.8) is 0 Å². The van der Waals surface area contributed by atoms with E-state index in [1.807, 2.05) is 25.3 Å². The molecule has 112 valence electrons. The Balaban J connectivity index is 2.37. The first-order chi connectivity index (χ1) is 9.36. The van der Waals surface area contributed by atoms with Crippen molar-refractivity contribution in [2.75, 3.05) is 13.1 Å². The molecule has 2 rings (SSSR count). The zero-order chi connectivity index (χ0) is 14.9. The zero-order valence-electron chi connectivity index (χ0n) is 12.3. The highest BCUT2D eigenvalue weighted by molar-refractivity contribution is 7.89. The highest BCUT2D eigenvalue weighted by Crippen LogP contribution is 2.24. The molecule has 2 N–H and O–H groups in total. The summed E-state index contributed by atoms with van der Waals surface area (Å²) in [5.41, 5.74) is 7.66. The molecule has 6 heteroatoms. The van der Waals surface area contributed by atoms with Crippen molar-refractivity contribution in [3.8, 4) is 0 Å². The maximum Gasteiger partial charge on any atom is 0.244 e. The molecule has 5 nitrogen and oxygen atoms in total. The Morgan fingerprint density at radius 2 is 2.10 bits per heavy atom. The van der Waals surface area contributed by atoms with Crippen molar-refractivity contribution < 1.29 is 8.42 Å². The topological polar surface area (TPSA) is 68.3 Å². The molecule has 0 aromatic carbocycles. The van der Waals surface area contributed by atoms with Gasteiger partial charge < -0.3 is 10.3 Å². The molecule has 0 spiro atoms. The molecule has 0 saturated carbocycles. The van der Waals surface area contributed by atoms with Crippen LogP contribution in [-0.4, -0.2) is 30.4 Å². The van der Waals surface area contributed by atoms with Crippen LogP contribution in [0.25, 0.3) is 0 Å². The van der Waals surface area contributed by atoms with Crippen LogP contribution in [-0.2, 0) is 16.6 Å². The second-order valence-electron chi connectivity index (χ2n) is 5.55. The summed E-state index contributed by atoms with van der Waals surface area (Å²) in [5, 5.41) is 0. The molecule has 0 unspecified atom stereocenters. The second-order valence-corrected chi connectivity index (χ2v) is 7.49. The standard InChI is InChI=1S/C14H23N3O2S/c1-11(2)17-10-14(7-13(17)8-15)20(18,19)16-6-4-5-12(3)9-16/h5,7,10-11H,4,6,8-9,15H2,1-3H3. The lowest BCUT2D eigenvalue weighted by Gasteiger charge is -2.24. The summed E-state index contributed by atoms with van der Waals surface area (Å²) < 4.78 is 28.8. The largest absolute Gasteiger partial charge is 0.346 e. The number of nitrogens with two attached hydrogens (primary N) is 1. The predicted molar refractivity (Wildman–Crippen MR) is 79.8 cm³/mol. The van der Waals surface area contributed by atoms with E-state index in [1.165, 1.54) is 0 Å². The number of sulfonamides is 1. The van der Waals surface area contributed by atoms with Gasteiger partial charge in [-0.15, -0.1) is 0 Å². The van der Waals surface area contributed by atoms with Crippen LogP contribution < -0.4 is 5.73 Å². The van der Waals surface area contributed by atoms with Gasteiger partial charge in [0, 0.05) is 37.6 Å². The van der Waals surface area contributed by atoms with Crippen LogP contribution in [0.1, 0.15) is 38.9 Å². The van der Waals surface area contributed by atoms with E-state index < -0.39 is 10.0 Å². The van der Waals surface area contributed by atoms with Gasteiger partial charge in [-0.2, -0.15) is 4.31 Å². The second kappa shape index (κ2) is 5.71. The third-order valence-electron chi connectivity index (χ3n) is 3.61. The summed E-state index contributed by atoms with van der Waals surface area (Å²) in [7, 11) is -3.42. The SMILES string of the molecule is CC1=CCCN(S(=O)(=O)c2cc(CN)n(C(C)C)c2)C1. The zero-order valence-corrected chi connectivity index (χ0v) is 13.2. The quantitative estimate of drug-likeness (QED) is 0.863. The molecule has 0 fully saturated rings. The Hall–Kier alpha value is -1.11. The first-order valence-corrected chi connectivity index (χ1v) is 8.37. The Kier molecular flexibility index (Phi) is 4.36. The minimum Gasteiger partial charge on any atom is -0.346 e. The van der Waals surface area contributed by atoms with Gasteiger partial charge in [0.15, 0.2) is 0 Å². The first-order valence-electron chi connectivity index (χ1n) is 6.93. The van der Waals surface area contributed by atoms with Crippen molar-refractivity contribution >= 4 is 10.0 Å². The fourth-order valence-electron chi connectivity index (χ4n) is 2.51. The summed E-state index contributed by atoms with van der Waals surface area (Å²) in [5.74, 6) is 0. The van der Waals surface area contributed by atoms with Crippen LogP contribution in [0.2, 0.25) is 0 Å². The molecule has 1 aliphatic heterocycles. The molecular weight excluding hydrogens is 274 g/mol. The summed E-state index contributed by atoms with van der Waals surface area (Å²) in [4.78, 5) is 0.348. The maximum absolute atomic E-state index is 12.7. The van der Waals surface area contributed by atoms with E-state index in [2.05, 4.69) is 6.08 Å². The molecule has 0 saturated heterocycles. The van der Waals surface area contributed by atoms with Crippen LogP contribution in [0.4, 0.5) is 0 Å². The van der Waals surface area contributed by atoms with Gasteiger partial charge in [0.2, 0.25) is 10.0 Å². The Morgan fingerprint density at radius 1 is 1.40 bits per heavy atom. The molecule has 0 aliphatic carbocycles. The maximum atomic E-state index is 12.7. The lowest BCUT2D eigenvalue weighted by molar-refractivity contribution is 0.427. The van der Waals surface area contributed by atoms with Crippen LogP contribution in [0.3, 0.4) is 0 Å². The van der Waals surface area contributed by atoms with Gasteiger partial charge in [-0.25, -0.2) is 8.42 Å². The predicted octanol–water partition coefficient (Wildman–Crippen LogP) is 1.87. The van der Waals surface area contributed by atoms with E-state index in [9.17, 15) is 8.42 Å². The average molecular weight is 297 g/mol. The molecule has 1 aromatic heterocycles. The van der Waals surface area contributed by atoms with Crippen molar-refractivity contribution in [3.05, 3.63) is 29.6 Å². The van der Waals surface area contributed by atoms with E-state index in [0.29, 0.717) is 24.5 Å². The van der Waals surface area contributed by atoms with Gasteiger partial charge in [-0.1, -0.05) is 11.6 Å². The summed E-state index contributed by atoms with van der Waals surface area (Å²) >= 11 is 0. The average Bonchev–Trinajstić information content (AvgIpc) is 2.83. The molecular formula is C14H23N3O2S. The minimum atomic E-state index is -3.42. The van der Waals surface area contributed by atoms with Crippen molar-refractivity contribution in [2.45, 2.75) is 44.7 Å². The number of nitrogens with zero attached hydrogens (tertiary/aromatic N) is 2. The minimum absolute atomic E-state index is 0.195. The highest BCUT2D eigenvalue weighted by atomic mass is 32.2. The van der Waals surface area contributed by atoms with E-state index in [-0.39, 0.29) is 6.04 Å². The molecule has 1 aromatic rings. The van der Waals surface area contributed by atoms with E-state index >= 15 is 0 Å². The van der Waals surface area contributed by atoms with Gasteiger partial charge >= 0.3 is 0 Å². The summed E-state index contributed by atoms with van der Waals surface area (Å²) in [6.45, 7) is 7.36. The normalized spacial score (nSPS) is 17.6. The molecule has 0 radical (unpaired) electrons. The fourth-order valence-corrected chi connectivity index (χ4v) is 4.06. The first kappa shape index (κ1) is 15.3. The van der Waals surface area contributed by atoms with Crippen molar-refractivity contribution in [2.24, 2.45) is 5.73 Å². The lowest BCUT2D eigenvalue weighted by atomic mass is 10.2.